The molecule has 1 aromatic carbocycles. The van der Waals surface area contributed by atoms with Gasteiger partial charge in [0.15, 0.2) is 0 Å². The lowest BCUT2D eigenvalue weighted by molar-refractivity contribution is -0.126. The maximum atomic E-state index is 11.9. The van der Waals surface area contributed by atoms with Crippen LogP contribution in [0, 0.1) is 5.92 Å². The summed E-state index contributed by atoms with van der Waals surface area (Å²) in [4.78, 5) is 14.2. The molecule has 1 aliphatic heterocycles. The lowest BCUT2D eigenvalue weighted by Gasteiger charge is -2.37. The second-order valence-electron chi connectivity index (χ2n) is 5.47. The maximum absolute atomic E-state index is 11.9. The Labute approximate surface area is 126 Å². The fraction of sp³-hybridized carbons (Fsp3) is 0.562. The molecule has 1 heterocycles. The van der Waals surface area contributed by atoms with Gasteiger partial charge in [-0.1, -0.05) is 12.1 Å². The van der Waals surface area contributed by atoms with Crippen molar-refractivity contribution < 1.29 is 9.53 Å². The van der Waals surface area contributed by atoms with E-state index in [1.54, 1.807) is 14.2 Å². The number of hydrogen-bond acceptors (Lipinski definition) is 4. The Hall–Kier alpha value is -1.59. The average Bonchev–Trinajstić information content (AvgIpc) is 2.55. The van der Waals surface area contributed by atoms with Crippen LogP contribution in [-0.2, 0) is 4.79 Å². The van der Waals surface area contributed by atoms with Gasteiger partial charge < -0.3 is 15.8 Å². The first-order valence-electron chi connectivity index (χ1n) is 7.49. The number of likely N-dealkylation sites (tertiary alicyclic amines) is 1. The first kappa shape index (κ1) is 15.8. The largest absolute Gasteiger partial charge is 0.497 e. The Morgan fingerprint density at radius 3 is 2.76 bits per heavy atom. The molecule has 0 radical (unpaired) electrons. The smallest absolute Gasteiger partial charge is 0.224 e. The maximum Gasteiger partial charge on any atom is 0.224 e. The fourth-order valence-electron chi connectivity index (χ4n) is 3.03. The molecule has 1 amide bonds. The van der Waals surface area contributed by atoms with Crippen LogP contribution in [0.4, 0.5) is 0 Å². The zero-order valence-electron chi connectivity index (χ0n) is 12.8. The molecule has 5 heteroatoms. The average molecular weight is 291 g/mol. The Kier molecular flexibility index (Phi) is 5.59. The molecule has 0 bridgehead atoms. The molecule has 21 heavy (non-hydrogen) atoms. The zero-order chi connectivity index (χ0) is 15.2. The van der Waals surface area contributed by atoms with Crippen LogP contribution in [0.15, 0.2) is 24.3 Å². The van der Waals surface area contributed by atoms with Gasteiger partial charge in [-0.3, -0.25) is 9.69 Å². The predicted octanol–water partition coefficient (Wildman–Crippen LogP) is 1.15. The number of benzene rings is 1. The summed E-state index contributed by atoms with van der Waals surface area (Å²) >= 11 is 0. The standard InChI is InChI=1S/C16H25N3O2/c1-18-16(20)13-4-3-9-19(11-13)15(10-17)12-5-7-14(21-2)8-6-12/h5-8,13,15H,3-4,9-11,17H2,1-2H3,(H,18,20). The van der Waals surface area contributed by atoms with Gasteiger partial charge in [0.05, 0.1) is 13.0 Å². The number of carbonyl (C=O) groups excluding carboxylic acids is 1. The molecule has 3 N–H and O–H groups in total. The number of nitrogens with two attached hydrogens (primary N) is 1. The SMILES string of the molecule is CNC(=O)C1CCCN(C(CN)c2ccc(OC)cc2)C1. The van der Waals surface area contributed by atoms with Gasteiger partial charge in [-0.2, -0.15) is 0 Å². The van der Waals surface area contributed by atoms with E-state index in [9.17, 15) is 4.79 Å². The summed E-state index contributed by atoms with van der Waals surface area (Å²) in [5.74, 6) is 1.04. The quantitative estimate of drug-likeness (QED) is 0.854. The van der Waals surface area contributed by atoms with E-state index in [4.69, 9.17) is 10.5 Å². The van der Waals surface area contributed by atoms with Crippen LogP contribution in [0.2, 0.25) is 0 Å². The van der Waals surface area contributed by atoms with Crippen LogP contribution >= 0.6 is 0 Å². The van der Waals surface area contributed by atoms with Crippen molar-refractivity contribution in [2.24, 2.45) is 11.7 Å². The van der Waals surface area contributed by atoms with Crippen LogP contribution in [0.5, 0.6) is 5.75 Å². The molecule has 2 rings (SSSR count). The number of methoxy groups -OCH3 is 1. The van der Waals surface area contributed by atoms with Crippen LogP contribution in [0.1, 0.15) is 24.4 Å². The molecule has 1 fully saturated rings. The second kappa shape index (κ2) is 7.43. The molecule has 2 unspecified atom stereocenters. The van der Waals surface area contributed by atoms with Crippen molar-refractivity contribution in [1.29, 1.82) is 0 Å². The highest BCUT2D eigenvalue weighted by molar-refractivity contribution is 5.78. The van der Waals surface area contributed by atoms with Gasteiger partial charge in [0.25, 0.3) is 0 Å². The van der Waals surface area contributed by atoms with Gasteiger partial charge in [-0.05, 0) is 37.1 Å². The first-order valence-corrected chi connectivity index (χ1v) is 7.49. The highest BCUT2D eigenvalue weighted by Gasteiger charge is 2.29. The van der Waals surface area contributed by atoms with Crippen molar-refractivity contribution in [2.45, 2.75) is 18.9 Å². The molecular weight excluding hydrogens is 266 g/mol. The molecule has 1 saturated heterocycles. The van der Waals surface area contributed by atoms with Crippen molar-refractivity contribution in [3.05, 3.63) is 29.8 Å². The molecule has 0 spiro atoms. The summed E-state index contributed by atoms with van der Waals surface area (Å²) in [5.41, 5.74) is 7.16. The number of ether oxygens (including phenoxy) is 1. The number of hydrogen-bond donors (Lipinski definition) is 2. The monoisotopic (exact) mass is 291 g/mol. The summed E-state index contributed by atoms with van der Waals surface area (Å²) in [6.07, 6.45) is 1.99. The van der Waals surface area contributed by atoms with Crippen molar-refractivity contribution in [2.75, 3.05) is 33.8 Å². The minimum absolute atomic E-state index is 0.0658. The molecule has 0 aromatic heterocycles. The summed E-state index contributed by atoms with van der Waals surface area (Å²) in [7, 11) is 3.36. The number of rotatable bonds is 5. The summed E-state index contributed by atoms with van der Waals surface area (Å²) in [6, 6.07) is 8.18. The summed E-state index contributed by atoms with van der Waals surface area (Å²) in [5, 5.41) is 2.75. The molecule has 0 aliphatic carbocycles. The fourth-order valence-corrected chi connectivity index (χ4v) is 3.03. The Balaban J connectivity index is 2.10. The topological polar surface area (TPSA) is 67.6 Å². The van der Waals surface area contributed by atoms with Crippen molar-refractivity contribution in [3.8, 4) is 5.75 Å². The van der Waals surface area contributed by atoms with E-state index in [-0.39, 0.29) is 17.9 Å². The van der Waals surface area contributed by atoms with Gasteiger partial charge in [0.1, 0.15) is 5.75 Å². The highest BCUT2D eigenvalue weighted by Crippen LogP contribution is 2.27. The number of amides is 1. The van der Waals surface area contributed by atoms with E-state index in [0.717, 1.165) is 31.7 Å². The van der Waals surface area contributed by atoms with Gasteiger partial charge in [-0.25, -0.2) is 0 Å². The molecule has 5 nitrogen and oxygen atoms in total. The van der Waals surface area contributed by atoms with Gasteiger partial charge >= 0.3 is 0 Å². The second-order valence-corrected chi connectivity index (χ2v) is 5.47. The molecule has 0 saturated carbocycles. The van der Waals surface area contributed by atoms with Crippen molar-refractivity contribution >= 4 is 5.91 Å². The van der Waals surface area contributed by atoms with Gasteiger partial charge in [-0.15, -0.1) is 0 Å². The van der Waals surface area contributed by atoms with Crippen LogP contribution in [0.25, 0.3) is 0 Å². The van der Waals surface area contributed by atoms with E-state index >= 15 is 0 Å². The molecule has 1 aromatic rings. The lowest BCUT2D eigenvalue weighted by atomic mass is 9.94. The lowest BCUT2D eigenvalue weighted by Crippen LogP contribution is -2.45. The van der Waals surface area contributed by atoms with Crippen molar-refractivity contribution in [3.63, 3.8) is 0 Å². The zero-order valence-corrected chi connectivity index (χ0v) is 12.8. The van der Waals surface area contributed by atoms with Crippen LogP contribution in [0.3, 0.4) is 0 Å². The molecule has 2 atom stereocenters. The minimum atomic E-state index is 0.0658. The van der Waals surface area contributed by atoms with Crippen LogP contribution < -0.4 is 15.8 Å². The third-order valence-corrected chi connectivity index (χ3v) is 4.23. The Morgan fingerprint density at radius 1 is 1.48 bits per heavy atom. The van der Waals surface area contributed by atoms with E-state index in [1.807, 2.05) is 12.1 Å². The Morgan fingerprint density at radius 2 is 2.19 bits per heavy atom. The number of nitrogens with one attached hydrogen (secondary N) is 1. The van der Waals surface area contributed by atoms with Gasteiger partial charge in [0.2, 0.25) is 5.91 Å². The van der Waals surface area contributed by atoms with E-state index in [1.165, 1.54) is 5.56 Å². The summed E-state index contributed by atoms with van der Waals surface area (Å²) < 4.78 is 5.19. The van der Waals surface area contributed by atoms with Gasteiger partial charge in [0, 0.05) is 26.2 Å². The normalized spacial score (nSPS) is 20.8. The van der Waals surface area contributed by atoms with E-state index in [2.05, 4.69) is 22.3 Å². The number of carbonyl (C=O) groups is 1. The molecule has 116 valence electrons. The molecular formula is C16H25N3O2. The number of piperidine rings is 1. The first-order chi connectivity index (χ1) is 10.2. The van der Waals surface area contributed by atoms with Crippen LogP contribution in [-0.4, -0.2) is 44.6 Å². The number of nitrogens with zero attached hydrogens (tertiary/aromatic N) is 1. The van der Waals surface area contributed by atoms with E-state index in [0.29, 0.717) is 6.54 Å². The highest BCUT2D eigenvalue weighted by atomic mass is 16.5. The minimum Gasteiger partial charge on any atom is -0.497 e. The third-order valence-electron chi connectivity index (χ3n) is 4.23. The molecule has 1 aliphatic rings. The third kappa shape index (κ3) is 3.74. The van der Waals surface area contributed by atoms with Crippen molar-refractivity contribution in [1.82, 2.24) is 10.2 Å². The Bertz CT molecular complexity index is 461. The van der Waals surface area contributed by atoms with E-state index < -0.39 is 0 Å². The predicted molar refractivity (Wildman–Crippen MR) is 83.2 cm³/mol. The summed E-state index contributed by atoms with van der Waals surface area (Å²) in [6.45, 7) is 2.31.